The van der Waals surface area contributed by atoms with E-state index in [9.17, 15) is 4.79 Å². The Bertz CT molecular complexity index is 464. The molecular formula is C17H25NO. The van der Waals surface area contributed by atoms with Gasteiger partial charge >= 0.3 is 0 Å². The van der Waals surface area contributed by atoms with Gasteiger partial charge in [-0.25, -0.2) is 0 Å². The van der Waals surface area contributed by atoms with Crippen molar-refractivity contribution in [2.24, 2.45) is 11.3 Å². The molecule has 1 aromatic carbocycles. The van der Waals surface area contributed by atoms with E-state index in [1.807, 2.05) is 0 Å². The molecule has 2 nitrogen and oxygen atoms in total. The van der Waals surface area contributed by atoms with Crippen LogP contribution in [0.15, 0.2) is 24.3 Å². The van der Waals surface area contributed by atoms with E-state index >= 15 is 0 Å². The van der Waals surface area contributed by atoms with Gasteiger partial charge in [-0.05, 0) is 38.3 Å². The Kier molecular flexibility index (Phi) is 3.98. The van der Waals surface area contributed by atoms with E-state index in [0.717, 1.165) is 25.9 Å². The fourth-order valence-electron chi connectivity index (χ4n) is 3.10. The Morgan fingerprint density at radius 2 is 2.00 bits per heavy atom. The maximum absolute atomic E-state index is 12.4. The summed E-state index contributed by atoms with van der Waals surface area (Å²) in [5.41, 5.74) is 2.44. The zero-order valence-electron chi connectivity index (χ0n) is 12.6. The molecule has 2 rings (SSSR count). The Balaban J connectivity index is 2.13. The summed E-state index contributed by atoms with van der Waals surface area (Å²) in [4.78, 5) is 14.7. The predicted molar refractivity (Wildman–Crippen MR) is 80.6 cm³/mol. The van der Waals surface area contributed by atoms with Crippen molar-refractivity contribution < 1.29 is 4.79 Å². The standard InChI is InChI=1S/C17H25NO/c1-5-18(15-9-7-6-8-13(15)2)12-14-10-11-17(3,4)16(14)19/h6-9,14H,5,10-12H2,1-4H3. The highest BCUT2D eigenvalue weighted by Crippen LogP contribution is 2.38. The number of carbonyl (C=O) groups excluding carboxylic acids is 1. The van der Waals surface area contributed by atoms with Crippen LogP contribution in [0.4, 0.5) is 5.69 Å². The normalized spacial score (nSPS) is 21.7. The average Bonchev–Trinajstić information content (AvgIpc) is 2.63. The summed E-state index contributed by atoms with van der Waals surface area (Å²) in [6.45, 7) is 10.3. The van der Waals surface area contributed by atoms with Crippen molar-refractivity contribution in [3.63, 3.8) is 0 Å². The van der Waals surface area contributed by atoms with E-state index in [0.29, 0.717) is 5.78 Å². The molecule has 19 heavy (non-hydrogen) atoms. The van der Waals surface area contributed by atoms with Crippen molar-refractivity contribution in [1.29, 1.82) is 0 Å². The summed E-state index contributed by atoms with van der Waals surface area (Å²) >= 11 is 0. The summed E-state index contributed by atoms with van der Waals surface area (Å²) in [6, 6.07) is 8.43. The number of rotatable bonds is 4. The van der Waals surface area contributed by atoms with E-state index < -0.39 is 0 Å². The monoisotopic (exact) mass is 259 g/mol. The smallest absolute Gasteiger partial charge is 0.143 e. The van der Waals surface area contributed by atoms with Crippen LogP contribution in [0.25, 0.3) is 0 Å². The molecular weight excluding hydrogens is 234 g/mol. The third kappa shape index (κ3) is 2.83. The minimum atomic E-state index is -0.115. The van der Waals surface area contributed by atoms with Gasteiger partial charge in [-0.2, -0.15) is 0 Å². The average molecular weight is 259 g/mol. The third-order valence-corrected chi connectivity index (χ3v) is 4.43. The van der Waals surface area contributed by atoms with Gasteiger partial charge < -0.3 is 4.90 Å². The number of carbonyl (C=O) groups is 1. The van der Waals surface area contributed by atoms with Crippen LogP contribution in [-0.4, -0.2) is 18.9 Å². The summed E-state index contributed by atoms with van der Waals surface area (Å²) in [5, 5.41) is 0. The quantitative estimate of drug-likeness (QED) is 0.819. The second kappa shape index (κ2) is 5.36. The lowest BCUT2D eigenvalue weighted by Crippen LogP contribution is -2.34. The lowest BCUT2D eigenvalue weighted by molar-refractivity contribution is -0.127. The SMILES string of the molecule is CCN(CC1CCC(C)(C)C1=O)c1ccccc1C. The number of para-hydroxylation sites is 1. The van der Waals surface area contributed by atoms with Gasteiger partial charge in [0.15, 0.2) is 0 Å². The Morgan fingerprint density at radius 3 is 2.53 bits per heavy atom. The Morgan fingerprint density at radius 1 is 1.32 bits per heavy atom. The van der Waals surface area contributed by atoms with Crippen LogP contribution >= 0.6 is 0 Å². The fourth-order valence-corrected chi connectivity index (χ4v) is 3.10. The topological polar surface area (TPSA) is 20.3 Å². The van der Waals surface area contributed by atoms with E-state index in [2.05, 4.69) is 56.9 Å². The number of ketones is 1. The Hall–Kier alpha value is -1.31. The molecule has 1 aliphatic rings. The number of aryl methyl sites for hydroxylation is 1. The van der Waals surface area contributed by atoms with Crippen molar-refractivity contribution in [3.05, 3.63) is 29.8 Å². The molecule has 0 bridgehead atoms. The molecule has 1 aromatic rings. The van der Waals surface area contributed by atoms with Gasteiger partial charge in [0.2, 0.25) is 0 Å². The van der Waals surface area contributed by atoms with Crippen LogP contribution in [0.1, 0.15) is 39.2 Å². The van der Waals surface area contributed by atoms with Crippen molar-refractivity contribution in [1.82, 2.24) is 0 Å². The van der Waals surface area contributed by atoms with Crippen molar-refractivity contribution in [2.45, 2.75) is 40.5 Å². The van der Waals surface area contributed by atoms with Crippen LogP contribution in [-0.2, 0) is 4.79 Å². The molecule has 1 fully saturated rings. The van der Waals surface area contributed by atoms with Gasteiger partial charge in [-0.3, -0.25) is 4.79 Å². The van der Waals surface area contributed by atoms with E-state index in [-0.39, 0.29) is 11.3 Å². The zero-order chi connectivity index (χ0) is 14.0. The highest BCUT2D eigenvalue weighted by Gasteiger charge is 2.40. The van der Waals surface area contributed by atoms with Gasteiger partial charge in [-0.15, -0.1) is 0 Å². The molecule has 0 N–H and O–H groups in total. The first-order valence-corrected chi connectivity index (χ1v) is 7.30. The number of hydrogen-bond acceptors (Lipinski definition) is 2. The van der Waals surface area contributed by atoms with Gasteiger partial charge in [0.05, 0.1) is 0 Å². The van der Waals surface area contributed by atoms with Gasteiger partial charge in [-0.1, -0.05) is 32.0 Å². The lowest BCUT2D eigenvalue weighted by atomic mass is 9.89. The van der Waals surface area contributed by atoms with Gasteiger partial charge in [0.1, 0.15) is 5.78 Å². The molecule has 1 unspecified atom stereocenters. The molecule has 0 spiro atoms. The highest BCUT2D eigenvalue weighted by atomic mass is 16.1. The van der Waals surface area contributed by atoms with Crippen LogP contribution in [0.5, 0.6) is 0 Å². The molecule has 0 aliphatic heterocycles. The number of anilines is 1. The first kappa shape index (κ1) is 14.1. The molecule has 1 aliphatic carbocycles. The van der Waals surface area contributed by atoms with Crippen LogP contribution in [0.2, 0.25) is 0 Å². The van der Waals surface area contributed by atoms with Crippen molar-refractivity contribution in [3.8, 4) is 0 Å². The Labute approximate surface area is 116 Å². The zero-order valence-corrected chi connectivity index (χ0v) is 12.6. The number of Topliss-reactive ketones (excluding diaryl/α,β-unsaturated/α-hetero) is 1. The molecule has 0 radical (unpaired) electrons. The largest absolute Gasteiger partial charge is 0.371 e. The fraction of sp³-hybridized carbons (Fsp3) is 0.588. The maximum Gasteiger partial charge on any atom is 0.143 e. The molecule has 0 amide bonds. The molecule has 0 saturated heterocycles. The second-order valence-corrected chi connectivity index (χ2v) is 6.31. The van der Waals surface area contributed by atoms with Crippen molar-refractivity contribution >= 4 is 11.5 Å². The minimum Gasteiger partial charge on any atom is -0.371 e. The first-order chi connectivity index (χ1) is 8.95. The lowest BCUT2D eigenvalue weighted by Gasteiger charge is -2.28. The summed E-state index contributed by atoms with van der Waals surface area (Å²) in [7, 11) is 0. The molecule has 2 heteroatoms. The maximum atomic E-state index is 12.4. The number of hydrogen-bond donors (Lipinski definition) is 0. The molecule has 0 aromatic heterocycles. The second-order valence-electron chi connectivity index (χ2n) is 6.31. The first-order valence-electron chi connectivity index (χ1n) is 7.30. The predicted octanol–water partition coefficient (Wildman–Crippen LogP) is 3.83. The molecule has 1 atom stereocenters. The van der Waals surface area contributed by atoms with Crippen LogP contribution in [0, 0.1) is 18.3 Å². The van der Waals surface area contributed by atoms with E-state index in [1.54, 1.807) is 0 Å². The molecule has 104 valence electrons. The minimum absolute atomic E-state index is 0.115. The summed E-state index contributed by atoms with van der Waals surface area (Å²) in [6.07, 6.45) is 2.07. The van der Waals surface area contributed by atoms with Crippen LogP contribution in [0.3, 0.4) is 0 Å². The molecule has 1 saturated carbocycles. The summed E-state index contributed by atoms with van der Waals surface area (Å²) < 4.78 is 0. The van der Waals surface area contributed by atoms with Crippen molar-refractivity contribution in [2.75, 3.05) is 18.0 Å². The highest BCUT2D eigenvalue weighted by molar-refractivity contribution is 5.88. The van der Waals surface area contributed by atoms with Crippen LogP contribution < -0.4 is 4.90 Å². The van der Waals surface area contributed by atoms with E-state index in [4.69, 9.17) is 0 Å². The molecule has 0 heterocycles. The summed E-state index contributed by atoms with van der Waals surface area (Å²) in [5.74, 6) is 0.647. The van der Waals surface area contributed by atoms with Gasteiger partial charge in [0, 0.05) is 30.1 Å². The van der Waals surface area contributed by atoms with E-state index in [1.165, 1.54) is 11.3 Å². The third-order valence-electron chi connectivity index (χ3n) is 4.43. The number of benzene rings is 1. The van der Waals surface area contributed by atoms with Gasteiger partial charge in [0.25, 0.3) is 0 Å². The number of nitrogens with zero attached hydrogens (tertiary/aromatic N) is 1.